The number of hydrogen-bond acceptors (Lipinski definition) is 5. The molecule has 0 aliphatic carbocycles. The summed E-state index contributed by atoms with van der Waals surface area (Å²) in [5.74, 6) is -0.422. The van der Waals surface area contributed by atoms with Gasteiger partial charge < -0.3 is 19.1 Å². The molecule has 0 unspecified atom stereocenters. The maximum atomic E-state index is 14.1. The Morgan fingerprint density at radius 1 is 1.04 bits per heavy atom. The maximum absolute atomic E-state index is 14.1. The summed E-state index contributed by atoms with van der Waals surface area (Å²) in [4.78, 5) is 0. The number of hydrogen-bond donors (Lipinski definition) is 1. The van der Waals surface area contributed by atoms with Crippen LogP contribution in [0.5, 0.6) is 11.5 Å². The Kier molecular flexibility index (Phi) is 4.67. The first-order chi connectivity index (χ1) is 12.1. The smallest absolute Gasteiger partial charge is 0.173 e. The second-order valence-corrected chi connectivity index (χ2v) is 5.19. The first-order valence-electron chi connectivity index (χ1n) is 7.36. The molecule has 3 aromatic rings. The van der Waals surface area contributed by atoms with Crippen molar-refractivity contribution in [2.24, 2.45) is 0 Å². The quantitative estimate of drug-likeness (QED) is 0.761. The van der Waals surface area contributed by atoms with E-state index in [1.54, 1.807) is 18.2 Å². The molecule has 2 aromatic carbocycles. The van der Waals surface area contributed by atoms with Crippen LogP contribution in [-0.2, 0) is 6.61 Å². The Balaban J connectivity index is 2.19. The highest BCUT2D eigenvalue weighted by atomic mass is 19.1. The van der Waals surface area contributed by atoms with E-state index in [0.717, 1.165) is 12.1 Å². The molecule has 0 bridgehead atoms. The zero-order chi connectivity index (χ0) is 18.0. The van der Waals surface area contributed by atoms with Crippen molar-refractivity contribution in [1.29, 1.82) is 0 Å². The highest BCUT2D eigenvalue weighted by Crippen LogP contribution is 2.37. The van der Waals surface area contributed by atoms with Gasteiger partial charge in [-0.3, -0.25) is 0 Å². The van der Waals surface area contributed by atoms with Gasteiger partial charge in [-0.2, -0.15) is 0 Å². The third-order valence-corrected chi connectivity index (χ3v) is 3.76. The van der Waals surface area contributed by atoms with Crippen molar-refractivity contribution < 1.29 is 27.9 Å². The second-order valence-electron chi connectivity index (χ2n) is 5.19. The van der Waals surface area contributed by atoms with E-state index >= 15 is 0 Å². The lowest BCUT2D eigenvalue weighted by Crippen LogP contribution is -1.95. The average Bonchev–Trinajstić information content (AvgIpc) is 3.04. The van der Waals surface area contributed by atoms with E-state index in [2.05, 4.69) is 5.16 Å². The Labute approximate surface area is 142 Å². The lowest BCUT2D eigenvalue weighted by Gasteiger charge is -2.08. The minimum absolute atomic E-state index is 0.0881. The summed E-state index contributed by atoms with van der Waals surface area (Å²) in [7, 11) is 2.98. The van der Waals surface area contributed by atoms with Crippen molar-refractivity contribution in [3.8, 4) is 34.1 Å². The number of methoxy groups -OCH3 is 2. The molecule has 0 spiro atoms. The predicted octanol–water partition coefficient (Wildman–Crippen LogP) is 3.80. The van der Waals surface area contributed by atoms with Gasteiger partial charge in [-0.1, -0.05) is 11.2 Å². The molecule has 0 aliphatic heterocycles. The van der Waals surface area contributed by atoms with Crippen LogP contribution in [0.25, 0.3) is 22.6 Å². The molecule has 25 heavy (non-hydrogen) atoms. The molecule has 0 radical (unpaired) electrons. The van der Waals surface area contributed by atoms with E-state index in [-0.39, 0.29) is 22.6 Å². The van der Waals surface area contributed by atoms with E-state index < -0.39 is 18.2 Å². The SMILES string of the molecule is COc1cc(OC)cc(-c2onc(-c3c(F)cccc3F)c2CO)c1. The van der Waals surface area contributed by atoms with E-state index in [4.69, 9.17) is 14.0 Å². The Morgan fingerprint density at radius 3 is 2.16 bits per heavy atom. The topological polar surface area (TPSA) is 64.7 Å². The summed E-state index contributed by atoms with van der Waals surface area (Å²) in [5, 5.41) is 13.5. The van der Waals surface area contributed by atoms with Gasteiger partial charge in [0.05, 0.1) is 32.0 Å². The first-order valence-corrected chi connectivity index (χ1v) is 7.36. The van der Waals surface area contributed by atoms with E-state index in [0.29, 0.717) is 17.1 Å². The summed E-state index contributed by atoms with van der Waals surface area (Å²) >= 11 is 0. The number of rotatable bonds is 5. The summed E-state index contributed by atoms with van der Waals surface area (Å²) in [6, 6.07) is 8.43. The van der Waals surface area contributed by atoms with Gasteiger partial charge in [0.15, 0.2) is 5.76 Å². The van der Waals surface area contributed by atoms with Gasteiger partial charge in [0, 0.05) is 11.6 Å². The van der Waals surface area contributed by atoms with E-state index in [9.17, 15) is 13.9 Å². The molecule has 0 saturated carbocycles. The molecule has 1 N–H and O–H groups in total. The predicted molar refractivity (Wildman–Crippen MR) is 86.3 cm³/mol. The van der Waals surface area contributed by atoms with Crippen molar-refractivity contribution in [3.05, 3.63) is 53.6 Å². The number of benzene rings is 2. The molecule has 0 amide bonds. The fourth-order valence-corrected chi connectivity index (χ4v) is 2.54. The molecule has 130 valence electrons. The summed E-state index contributed by atoms with van der Waals surface area (Å²) in [6.45, 7) is -0.512. The minimum Gasteiger partial charge on any atom is -0.497 e. The van der Waals surface area contributed by atoms with Gasteiger partial charge in [0.2, 0.25) is 0 Å². The van der Waals surface area contributed by atoms with Gasteiger partial charge in [0.1, 0.15) is 28.8 Å². The Bertz CT molecular complexity index is 866. The molecule has 0 fully saturated rings. The number of halogens is 2. The molecule has 7 heteroatoms. The van der Waals surface area contributed by atoms with Crippen LogP contribution in [0.4, 0.5) is 8.78 Å². The van der Waals surface area contributed by atoms with Crippen molar-refractivity contribution in [1.82, 2.24) is 5.16 Å². The highest BCUT2D eigenvalue weighted by Gasteiger charge is 2.24. The van der Waals surface area contributed by atoms with Crippen LogP contribution in [-0.4, -0.2) is 24.5 Å². The third-order valence-electron chi connectivity index (χ3n) is 3.76. The molecule has 3 rings (SSSR count). The normalized spacial score (nSPS) is 10.8. The number of aliphatic hydroxyl groups is 1. The van der Waals surface area contributed by atoms with Crippen LogP contribution in [0.1, 0.15) is 5.56 Å². The van der Waals surface area contributed by atoms with Gasteiger partial charge in [0.25, 0.3) is 0 Å². The van der Waals surface area contributed by atoms with Crippen molar-refractivity contribution >= 4 is 0 Å². The summed E-state index contributed by atoms with van der Waals surface area (Å²) in [6.07, 6.45) is 0. The fraction of sp³-hybridized carbons (Fsp3) is 0.167. The lowest BCUT2D eigenvalue weighted by molar-refractivity contribution is 0.281. The molecule has 0 atom stereocenters. The minimum atomic E-state index is -0.794. The van der Waals surface area contributed by atoms with Crippen LogP contribution in [0.3, 0.4) is 0 Å². The molecule has 1 heterocycles. The van der Waals surface area contributed by atoms with Crippen LogP contribution >= 0.6 is 0 Å². The molecule has 1 aromatic heterocycles. The van der Waals surface area contributed by atoms with Crippen molar-refractivity contribution in [2.75, 3.05) is 14.2 Å². The lowest BCUT2D eigenvalue weighted by atomic mass is 10.0. The molecule has 5 nitrogen and oxygen atoms in total. The Morgan fingerprint density at radius 2 is 1.64 bits per heavy atom. The second kappa shape index (κ2) is 6.90. The van der Waals surface area contributed by atoms with Crippen molar-refractivity contribution in [3.63, 3.8) is 0 Å². The number of ether oxygens (including phenoxy) is 2. The van der Waals surface area contributed by atoms with Gasteiger partial charge in [-0.05, 0) is 24.3 Å². The van der Waals surface area contributed by atoms with Gasteiger partial charge in [-0.15, -0.1) is 0 Å². The molecule has 0 aliphatic rings. The largest absolute Gasteiger partial charge is 0.497 e. The Hall–Kier alpha value is -2.93. The summed E-state index contributed by atoms with van der Waals surface area (Å²) in [5.41, 5.74) is 0.223. The van der Waals surface area contributed by atoms with E-state index in [1.807, 2.05) is 0 Å². The number of nitrogens with zero attached hydrogens (tertiary/aromatic N) is 1. The monoisotopic (exact) mass is 347 g/mol. The standard InChI is InChI=1S/C18H15F2NO4/c1-23-11-6-10(7-12(8-11)24-2)18-13(9-22)17(21-25-18)16-14(19)4-3-5-15(16)20/h3-8,22H,9H2,1-2H3. The molecular weight excluding hydrogens is 332 g/mol. The highest BCUT2D eigenvalue weighted by molar-refractivity contribution is 5.74. The van der Waals surface area contributed by atoms with Gasteiger partial charge >= 0.3 is 0 Å². The van der Waals surface area contributed by atoms with E-state index in [1.165, 1.54) is 20.3 Å². The maximum Gasteiger partial charge on any atom is 0.173 e. The number of aliphatic hydroxyl groups excluding tert-OH is 1. The van der Waals surface area contributed by atoms with Crippen molar-refractivity contribution in [2.45, 2.75) is 6.61 Å². The van der Waals surface area contributed by atoms with Crippen LogP contribution < -0.4 is 9.47 Å². The first kappa shape index (κ1) is 16.9. The van der Waals surface area contributed by atoms with Crippen LogP contribution in [0.2, 0.25) is 0 Å². The van der Waals surface area contributed by atoms with Gasteiger partial charge in [-0.25, -0.2) is 8.78 Å². The molecular formula is C18H15F2NO4. The molecule has 0 saturated heterocycles. The van der Waals surface area contributed by atoms with Crippen LogP contribution in [0, 0.1) is 11.6 Å². The zero-order valence-electron chi connectivity index (χ0n) is 13.5. The fourth-order valence-electron chi connectivity index (χ4n) is 2.54. The zero-order valence-corrected chi connectivity index (χ0v) is 13.5. The average molecular weight is 347 g/mol. The number of aromatic nitrogens is 1. The summed E-state index contributed by atoms with van der Waals surface area (Å²) < 4.78 is 43.8. The van der Waals surface area contributed by atoms with Crippen LogP contribution in [0.15, 0.2) is 40.9 Å². The third kappa shape index (κ3) is 3.06.